The summed E-state index contributed by atoms with van der Waals surface area (Å²) in [5.74, 6) is 0.218. The van der Waals surface area contributed by atoms with Crippen molar-refractivity contribution in [3.05, 3.63) is 100 Å². The lowest BCUT2D eigenvalue weighted by atomic mass is 10.0. The van der Waals surface area contributed by atoms with E-state index in [4.69, 9.17) is 9.72 Å². The van der Waals surface area contributed by atoms with Gasteiger partial charge in [-0.1, -0.05) is 57.2 Å². The van der Waals surface area contributed by atoms with Gasteiger partial charge in [-0.25, -0.2) is 9.37 Å². The zero-order valence-corrected chi connectivity index (χ0v) is 21.6. The van der Waals surface area contributed by atoms with Crippen molar-refractivity contribution >= 4 is 16.8 Å². The van der Waals surface area contributed by atoms with E-state index in [1.54, 1.807) is 54.5 Å². The summed E-state index contributed by atoms with van der Waals surface area (Å²) in [6.07, 6.45) is 1.18. The normalized spacial score (nSPS) is 12.1. The van der Waals surface area contributed by atoms with E-state index in [9.17, 15) is 14.0 Å². The third-order valence-corrected chi connectivity index (χ3v) is 6.50. The van der Waals surface area contributed by atoms with Gasteiger partial charge in [0.25, 0.3) is 11.5 Å². The average Bonchev–Trinajstić information content (AvgIpc) is 2.91. The van der Waals surface area contributed by atoms with E-state index < -0.39 is 17.8 Å². The second kappa shape index (κ2) is 11.4. The summed E-state index contributed by atoms with van der Waals surface area (Å²) in [6.45, 7) is 6.48. The van der Waals surface area contributed by atoms with Gasteiger partial charge in [-0.05, 0) is 55.2 Å². The zero-order chi connectivity index (χ0) is 26.5. The standard InChI is InChI=1S/C30H32FN3O3/c1-5-25(33(19-18-20(2)3)29(35)21-12-6-8-14-23(21)31)28-32-24-15-9-7-13-22(24)30(36)34(28)26-16-10-11-17-27(26)37-4/h6-17,20,25H,5,18-19H2,1-4H3. The van der Waals surface area contributed by atoms with E-state index in [0.29, 0.717) is 53.5 Å². The lowest BCUT2D eigenvalue weighted by Gasteiger charge is -2.33. The Balaban J connectivity index is 1.98. The second-order valence-electron chi connectivity index (χ2n) is 9.38. The van der Waals surface area contributed by atoms with Crippen LogP contribution in [0.25, 0.3) is 16.6 Å². The predicted molar refractivity (Wildman–Crippen MR) is 144 cm³/mol. The molecule has 1 unspecified atom stereocenters. The Morgan fingerprint density at radius 3 is 2.41 bits per heavy atom. The minimum atomic E-state index is -0.590. The molecular formula is C30H32FN3O3. The maximum Gasteiger partial charge on any atom is 0.266 e. The Hall–Kier alpha value is -4.00. The first kappa shape index (κ1) is 26.1. The van der Waals surface area contributed by atoms with Crippen LogP contribution in [0.4, 0.5) is 4.39 Å². The fraction of sp³-hybridized carbons (Fsp3) is 0.300. The number of halogens is 1. The molecule has 0 N–H and O–H groups in total. The van der Waals surface area contributed by atoms with Gasteiger partial charge in [-0.3, -0.25) is 14.2 Å². The van der Waals surface area contributed by atoms with Gasteiger partial charge >= 0.3 is 0 Å². The van der Waals surface area contributed by atoms with Crippen LogP contribution in [-0.2, 0) is 0 Å². The number of nitrogens with zero attached hydrogens (tertiary/aromatic N) is 3. The number of carbonyl (C=O) groups excluding carboxylic acids is 1. The first-order valence-electron chi connectivity index (χ1n) is 12.6. The van der Waals surface area contributed by atoms with E-state index >= 15 is 0 Å². The number of rotatable bonds is 9. The molecule has 6 nitrogen and oxygen atoms in total. The van der Waals surface area contributed by atoms with Gasteiger partial charge in [-0.15, -0.1) is 0 Å². The zero-order valence-electron chi connectivity index (χ0n) is 21.6. The minimum Gasteiger partial charge on any atom is -0.495 e. The van der Waals surface area contributed by atoms with Crippen LogP contribution in [0, 0.1) is 11.7 Å². The van der Waals surface area contributed by atoms with Crippen LogP contribution in [-0.4, -0.2) is 34.0 Å². The average molecular weight is 502 g/mol. The number of para-hydroxylation sites is 3. The topological polar surface area (TPSA) is 64.4 Å². The highest BCUT2D eigenvalue weighted by Gasteiger charge is 2.31. The third-order valence-electron chi connectivity index (χ3n) is 6.50. The molecule has 1 aromatic heterocycles. The van der Waals surface area contributed by atoms with Crippen molar-refractivity contribution in [3.8, 4) is 11.4 Å². The Kier molecular flexibility index (Phi) is 8.01. The fourth-order valence-corrected chi connectivity index (χ4v) is 4.55. The van der Waals surface area contributed by atoms with Gasteiger partial charge < -0.3 is 9.64 Å². The molecule has 0 aliphatic heterocycles. The van der Waals surface area contributed by atoms with Crippen LogP contribution in [0.2, 0.25) is 0 Å². The highest BCUT2D eigenvalue weighted by atomic mass is 19.1. The summed E-state index contributed by atoms with van der Waals surface area (Å²) in [5.41, 5.74) is 0.806. The number of hydrogen-bond acceptors (Lipinski definition) is 4. The van der Waals surface area contributed by atoms with E-state index in [1.165, 1.54) is 16.7 Å². The second-order valence-corrected chi connectivity index (χ2v) is 9.38. The molecule has 0 saturated heterocycles. The van der Waals surface area contributed by atoms with Crippen molar-refractivity contribution in [3.63, 3.8) is 0 Å². The minimum absolute atomic E-state index is 0.00307. The van der Waals surface area contributed by atoms with Crippen molar-refractivity contribution in [2.45, 2.75) is 39.7 Å². The Bertz CT molecular complexity index is 1460. The number of hydrogen-bond donors (Lipinski definition) is 0. The summed E-state index contributed by atoms with van der Waals surface area (Å²) in [4.78, 5) is 34.3. The van der Waals surface area contributed by atoms with Gasteiger partial charge in [0.15, 0.2) is 0 Å². The largest absolute Gasteiger partial charge is 0.495 e. The van der Waals surface area contributed by atoms with E-state index in [0.717, 1.165) is 0 Å². The van der Waals surface area contributed by atoms with Crippen LogP contribution in [0.1, 0.15) is 55.8 Å². The molecule has 4 rings (SSSR count). The number of ether oxygens (including phenoxy) is 1. The first-order chi connectivity index (χ1) is 17.9. The summed E-state index contributed by atoms with van der Waals surface area (Å²) < 4.78 is 21.9. The highest BCUT2D eigenvalue weighted by molar-refractivity contribution is 5.94. The van der Waals surface area contributed by atoms with Crippen molar-refractivity contribution in [2.24, 2.45) is 5.92 Å². The van der Waals surface area contributed by atoms with Gasteiger partial charge in [0, 0.05) is 6.54 Å². The van der Waals surface area contributed by atoms with Crippen molar-refractivity contribution in [2.75, 3.05) is 13.7 Å². The maximum absolute atomic E-state index is 14.7. The van der Waals surface area contributed by atoms with Crippen LogP contribution in [0.15, 0.2) is 77.6 Å². The predicted octanol–water partition coefficient (Wildman–Crippen LogP) is 6.17. The summed E-state index contributed by atoms with van der Waals surface area (Å²) in [5, 5.41) is 0.459. The molecule has 0 spiro atoms. The third kappa shape index (κ3) is 5.26. The number of aromatic nitrogens is 2. The van der Waals surface area contributed by atoms with Crippen LogP contribution < -0.4 is 10.3 Å². The lowest BCUT2D eigenvalue weighted by Crippen LogP contribution is -2.40. The smallest absolute Gasteiger partial charge is 0.266 e. The van der Waals surface area contributed by atoms with Crippen LogP contribution >= 0.6 is 0 Å². The number of methoxy groups -OCH3 is 1. The molecule has 3 aromatic carbocycles. The van der Waals surface area contributed by atoms with E-state index in [-0.39, 0.29) is 11.1 Å². The summed E-state index contributed by atoms with van der Waals surface area (Å²) in [6, 6.07) is 19.8. The molecule has 192 valence electrons. The molecule has 1 atom stereocenters. The number of carbonyl (C=O) groups is 1. The molecule has 0 aliphatic carbocycles. The molecule has 0 saturated carbocycles. The van der Waals surface area contributed by atoms with Crippen molar-refractivity contribution in [1.82, 2.24) is 14.5 Å². The molecule has 1 amide bonds. The van der Waals surface area contributed by atoms with Crippen LogP contribution in [0.3, 0.4) is 0 Å². The van der Waals surface area contributed by atoms with E-state index in [1.807, 2.05) is 25.1 Å². The number of benzene rings is 3. The SMILES string of the molecule is CCC(c1nc2ccccc2c(=O)n1-c1ccccc1OC)N(CCC(C)C)C(=O)c1ccccc1F. The lowest BCUT2D eigenvalue weighted by molar-refractivity contribution is 0.0644. The molecule has 0 fully saturated rings. The van der Waals surface area contributed by atoms with E-state index in [2.05, 4.69) is 13.8 Å². The number of amides is 1. The van der Waals surface area contributed by atoms with Gasteiger partial charge in [0.1, 0.15) is 17.4 Å². The van der Waals surface area contributed by atoms with Gasteiger partial charge in [0.05, 0.1) is 35.3 Å². The summed E-state index contributed by atoms with van der Waals surface area (Å²) in [7, 11) is 1.55. The fourth-order valence-electron chi connectivity index (χ4n) is 4.55. The Morgan fingerprint density at radius 2 is 1.70 bits per heavy atom. The quantitative estimate of drug-likeness (QED) is 0.275. The monoisotopic (exact) mass is 501 g/mol. The molecule has 0 radical (unpaired) electrons. The van der Waals surface area contributed by atoms with Crippen molar-refractivity contribution in [1.29, 1.82) is 0 Å². The van der Waals surface area contributed by atoms with Crippen molar-refractivity contribution < 1.29 is 13.9 Å². The molecule has 4 aromatic rings. The Labute approximate surface area is 216 Å². The molecule has 0 bridgehead atoms. The molecule has 7 heteroatoms. The first-order valence-corrected chi connectivity index (χ1v) is 12.6. The Morgan fingerprint density at radius 1 is 1.03 bits per heavy atom. The molecular weight excluding hydrogens is 469 g/mol. The van der Waals surface area contributed by atoms with Gasteiger partial charge in [0.2, 0.25) is 0 Å². The summed E-state index contributed by atoms with van der Waals surface area (Å²) >= 11 is 0. The maximum atomic E-state index is 14.7. The molecule has 1 heterocycles. The number of fused-ring (bicyclic) bond motifs is 1. The molecule has 37 heavy (non-hydrogen) atoms. The van der Waals surface area contributed by atoms with Gasteiger partial charge in [-0.2, -0.15) is 0 Å². The molecule has 0 aliphatic rings. The van der Waals surface area contributed by atoms with Crippen LogP contribution in [0.5, 0.6) is 5.75 Å². The highest BCUT2D eigenvalue weighted by Crippen LogP contribution is 2.31.